The summed E-state index contributed by atoms with van der Waals surface area (Å²) in [6, 6.07) is 23.2. The van der Waals surface area contributed by atoms with Crippen molar-refractivity contribution in [3.05, 3.63) is 125 Å². The predicted octanol–water partition coefficient (Wildman–Crippen LogP) is 6.92. The van der Waals surface area contributed by atoms with E-state index in [0.29, 0.717) is 41.7 Å². The first-order valence-electron chi connectivity index (χ1n) is 13.8. The van der Waals surface area contributed by atoms with Crippen LogP contribution in [-0.2, 0) is 24.5 Å². The molecule has 0 fully saturated rings. The largest absolute Gasteiger partial charge is 0.489 e. The number of rotatable bonds is 11. The van der Waals surface area contributed by atoms with Crippen LogP contribution >= 0.6 is 0 Å². The Morgan fingerprint density at radius 2 is 1.79 bits per heavy atom. The number of nitrogens with one attached hydrogen (secondary N) is 1. The lowest BCUT2D eigenvalue weighted by Crippen LogP contribution is -2.23. The first-order valence-corrected chi connectivity index (χ1v) is 13.8. The molecule has 220 valence electrons. The summed E-state index contributed by atoms with van der Waals surface area (Å²) in [6.45, 7) is 2.31. The van der Waals surface area contributed by atoms with Gasteiger partial charge < -0.3 is 25.3 Å². The maximum Gasteiger partial charge on any atom is 0.311 e. The number of aliphatic carboxylic acids is 1. The molecular formula is C34H30F2N2O5. The van der Waals surface area contributed by atoms with Gasteiger partial charge in [0.2, 0.25) is 0 Å². The average Bonchev–Trinajstić information content (AvgIpc) is 3.42. The number of benzene rings is 4. The molecular weight excluding hydrogens is 554 g/mol. The van der Waals surface area contributed by atoms with Crippen LogP contribution in [0.4, 0.5) is 8.78 Å². The number of ether oxygens (including phenoxy) is 1. The highest BCUT2D eigenvalue weighted by atomic mass is 19.1. The van der Waals surface area contributed by atoms with Gasteiger partial charge in [0.05, 0.1) is 18.0 Å². The first-order chi connectivity index (χ1) is 20.8. The third-order valence-electron chi connectivity index (χ3n) is 7.19. The topological polar surface area (TPSA) is 115 Å². The van der Waals surface area contributed by atoms with E-state index in [2.05, 4.69) is 5.32 Å². The molecule has 0 spiro atoms. The molecule has 1 aromatic heterocycles. The standard InChI is InChI=1S/C34H30F2N2O5/c1-2-26(34(40)41)27-8-3-4-9-31(27)42-19-21-13-23-15-25(18-38-33(39)28-11-10-24(35)16-30(28)36)43-32(23)29(14-21)22-7-5-6-20(12-22)17-37/h3-16,26H,2,17-19,37H2,1H3,(H,38,39)(H,40,41). The minimum absolute atomic E-state index is 0.0284. The number of hydrogen-bond donors (Lipinski definition) is 3. The number of para-hydroxylation sites is 1. The maximum absolute atomic E-state index is 14.1. The molecule has 5 rings (SSSR count). The lowest BCUT2D eigenvalue weighted by Gasteiger charge is -2.16. The number of halogens is 2. The van der Waals surface area contributed by atoms with Gasteiger partial charge in [-0.05, 0) is 65.6 Å². The Bertz CT molecular complexity index is 1800. The third-order valence-corrected chi connectivity index (χ3v) is 7.19. The van der Waals surface area contributed by atoms with Gasteiger partial charge in [-0.1, -0.05) is 43.3 Å². The van der Waals surface area contributed by atoms with Crippen molar-refractivity contribution in [3.8, 4) is 16.9 Å². The molecule has 1 unspecified atom stereocenters. The van der Waals surface area contributed by atoms with Gasteiger partial charge in [0.1, 0.15) is 35.3 Å². The highest BCUT2D eigenvalue weighted by Gasteiger charge is 2.22. The Kier molecular flexibility index (Phi) is 8.82. The molecule has 4 N–H and O–H groups in total. The molecule has 9 heteroatoms. The van der Waals surface area contributed by atoms with Crippen LogP contribution in [0.25, 0.3) is 22.1 Å². The first kappa shape index (κ1) is 29.5. The second kappa shape index (κ2) is 12.9. The zero-order valence-electron chi connectivity index (χ0n) is 23.4. The lowest BCUT2D eigenvalue weighted by molar-refractivity contribution is -0.138. The molecule has 0 aliphatic heterocycles. The van der Waals surface area contributed by atoms with Crippen LogP contribution in [-0.4, -0.2) is 17.0 Å². The molecule has 4 aromatic carbocycles. The normalized spacial score (nSPS) is 11.8. The summed E-state index contributed by atoms with van der Waals surface area (Å²) in [4.78, 5) is 24.4. The van der Waals surface area contributed by atoms with Crippen LogP contribution in [0, 0.1) is 11.6 Å². The summed E-state index contributed by atoms with van der Waals surface area (Å²) < 4.78 is 39.7. The predicted molar refractivity (Wildman–Crippen MR) is 159 cm³/mol. The van der Waals surface area contributed by atoms with Gasteiger partial charge in [0.15, 0.2) is 0 Å². The summed E-state index contributed by atoms with van der Waals surface area (Å²) in [5.41, 5.74) is 10.2. The number of carboxylic acid groups (broad SMARTS) is 1. The monoisotopic (exact) mass is 584 g/mol. The minimum Gasteiger partial charge on any atom is -0.489 e. The Balaban J connectivity index is 1.46. The molecule has 0 aliphatic carbocycles. The number of fused-ring (bicyclic) bond motifs is 1. The van der Waals surface area contributed by atoms with E-state index in [9.17, 15) is 23.5 Å². The fourth-order valence-corrected chi connectivity index (χ4v) is 5.04. The van der Waals surface area contributed by atoms with Gasteiger partial charge in [-0.15, -0.1) is 0 Å². The van der Waals surface area contributed by atoms with Crippen LogP contribution in [0.2, 0.25) is 0 Å². The second-order valence-electron chi connectivity index (χ2n) is 10.1. The number of nitrogens with two attached hydrogens (primary N) is 1. The zero-order chi connectivity index (χ0) is 30.5. The van der Waals surface area contributed by atoms with E-state index >= 15 is 0 Å². The van der Waals surface area contributed by atoms with Crippen molar-refractivity contribution in [1.82, 2.24) is 5.32 Å². The van der Waals surface area contributed by atoms with E-state index in [0.717, 1.165) is 39.8 Å². The average molecular weight is 585 g/mol. The molecule has 0 aliphatic rings. The van der Waals surface area contributed by atoms with Crippen LogP contribution in [0.15, 0.2) is 89.3 Å². The molecule has 1 amide bonds. The summed E-state index contributed by atoms with van der Waals surface area (Å²) in [5.74, 6) is -3.11. The number of carboxylic acids is 1. The highest BCUT2D eigenvalue weighted by molar-refractivity contribution is 5.95. The third kappa shape index (κ3) is 6.57. The lowest BCUT2D eigenvalue weighted by atomic mass is 9.96. The van der Waals surface area contributed by atoms with Gasteiger partial charge in [0, 0.05) is 29.1 Å². The van der Waals surface area contributed by atoms with E-state index in [1.54, 1.807) is 30.3 Å². The Morgan fingerprint density at radius 1 is 0.977 bits per heavy atom. The van der Waals surface area contributed by atoms with Crippen molar-refractivity contribution < 1.29 is 32.6 Å². The summed E-state index contributed by atoms with van der Waals surface area (Å²) in [6.07, 6.45) is 0.422. The van der Waals surface area contributed by atoms with Crippen LogP contribution < -0.4 is 15.8 Å². The van der Waals surface area contributed by atoms with Crippen LogP contribution in [0.5, 0.6) is 5.75 Å². The molecule has 0 bridgehead atoms. The van der Waals surface area contributed by atoms with Crippen molar-refractivity contribution in [2.75, 3.05) is 0 Å². The Hall–Kier alpha value is -5.02. The molecule has 43 heavy (non-hydrogen) atoms. The molecule has 0 radical (unpaired) electrons. The van der Waals surface area contributed by atoms with Gasteiger partial charge in [-0.25, -0.2) is 8.78 Å². The molecule has 5 aromatic rings. The molecule has 1 atom stereocenters. The smallest absolute Gasteiger partial charge is 0.311 e. The van der Waals surface area contributed by atoms with Gasteiger partial charge in [0.25, 0.3) is 5.91 Å². The van der Waals surface area contributed by atoms with E-state index in [-0.39, 0.29) is 18.7 Å². The second-order valence-corrected chi connectivity index (χ2v) is 10.1. The number of carbonyl (C=O) groups excluding carboxylic acids is 1. The maximum atomic E-state index is 14.1. The van der Waals surface area contributed by atoms with Gasteiger partial charge >= 0.3 is 5.97 Å². The number of hydrogen-bond acceptors (Lipinski definition) is 5. The number of amides is 1. The number of furan rings is 1. The van der Waals surface area contributed by atoms with Crippen molar-refractivity contribution >= 4 is 22.8 Å². The molecule has 0 saturated heterocycles. The van der Waals surface area contributed by atoms with Crippen LogP contribution in [0.3, 0.4) is 0 Å². The highest BCUT2D eigenvalue weighted by Crippen LogP contribution is 2.35. The van der Waals surface area contributed by atoms with Crippen molar-refractivity contribution in [3.63, 3.8) is 0 Å². The summed E-state index contributed by atoms with van der Waals surface area (Å²) >= 11 is 0. The van der Waals surface area contributed by atoms with Gasteiger partial charge in [-0.2, -0.15) is 0 Å². The van der Waals surface area contributed by atoms with E-state index in [1.807, 2.05) is 43.3 Å². The Labute approximate surface area is 246 Å². The molecule has 1 heterocycles. The minimum atomic E-state index is -0.955. The Morgan fingerprint density at radius 3 is 2.53 bits per heavy atom. The fraction of sp³-hybridized carbons (Fsp3) is 0.176. The van der Waals surface area contributed by atoms with Crippen molar-refractivity contribution in [1.29, 1.82) is 0 Å². The fourth-order valence-electron chi connectivity index (χ4n) is 5.04. The zero-order valence-corrected chi connectivity index (χ0v) is 23.4. The summed E-state index contributed by atoms with van der Waals surface area (Å²) in [7, 11) is 0. The number of carbonyl (C=O) groups is 2. The quantitative estimate of drug-likeness (QED) is 0.155. The van der Waals surface area contributed by atoms with Gasteiger partial charge in [-0.3, -0.25) is 9.59 Å². The van der Waals surface area contributed by atoms with Crippen LogP contribution in [0.1, 0.15) is 52.1 Å². The molecule has 0 saturated carbocycles. The van der Waals surface area contributed by atoms with Crippen molar-refractivity contribution in [2.24, 2.45) is 5.73 Å². The van der Waals surface area contributed by atoms with E-state index < -0.39 is 29.4 Å². The van der Waals surface area contributed by atoms with E-state index in [1.165, 1.54) is 0 Å². The van der Waals surface area contributed by atoms with E-state index in [4.69, 9.17) is 14.9 Å². The SMILES string of the molecule is CCC(C(=O)O)c1ccccc1OCc1cc(-c2cccc(CN)c2)c2oc(CNC(=O)c3ccc(F)cc3F)cc2c1. The summed E-state index contributed by atoms with van der Waals surface area (Å²) in [5, 5.41) is 13.1. The van der Waals surface area contributed by atoms with Crippen molar-refractivity contribution in [2.45, 2.75) is 39.0 Å². The molecule has 7 nitrogen and oxygen atoms in total.